The predicted molar refractivity (Wildman–Crippen MR) is 133 cm³/mol. The number of amides is 1. The molecule has 1 aromatic heterocycles. The average molecular weight is 454 g/mol. The number of carbonyl (C=O) groups excluding carboxylic acids is 1. The Kier molecular flexibility index (Phi) is 8.03. The van der Waals surface area contributed by atoms with Gasteiger partial charge in [0, 0.05) is 56.6 Å². The highest BCUT2D eigenvalue weighted by Crippen LogP contribution is 2.24. The fourth-order valence-electron chi connectivity index (χ4n) is 4.56. The van der Waals surface area contributed by atoms with E-state index in [1.54, 1.807) is 6.20 Å². The fraction of sp³-hybridized carbons (Fsp3) is 0.321. The quantitative estimate of drug-likeness (QED) is 0.561. The van der Waals surface area contributed by atoms with Crippen LogP contribution in [0.5, 0.6) is 0 Å². The van der Waals surface area contributed by atoms with E-state index in [1.807, 2.05) is 60.4 Å². The molecule has 6 nitrogen and oxygen atoms in total. The molecule has 2 heterocycles. The van der Waals surface area contributed by atoms with Gasteiger partial charge in [0.05, 0.1) is 12.1 Å². The molecule has 1 atom stereocenters. The standard InChI is InChI=1S/C28H31N5O/c1-22-25(13-8-15-30-22)26(21-29)32-17-19-33(20-18-32)27(34)14-16-31-28(23-9-4-2-5-10-23)24-11-6-3-7-12-24/h2-13,15,26,28,31H,14,16-20H2,1H3. The SMILES string of the molecule is Cc1ncccc1C(C#N)N1CCN(C(=O)CCNC(c2ccccc2)c2ccccc2)CC1. The lowest BCUT2D eigenvalue weighted by Crippen LogP contribution is -2.50. The normalized spacial score (nSPS) is 15.1. The van der Waals surface area contributed by atoms with E-state index in [1.165, 1.54) is 11.1 Å². The van der Waals surface area contributed by atoms with Gasteiger partial charge >= 0.3 is 0 Å². The highest BCUT2D eigenvalue weighted by molar-refractivity contribution is 5.76. The van der Waals surface area contributed by atoms with Crippen molar-refractivity contribution in [2.75, 3.05) is 32.7 Å². The summed E-state index contributed by atoms with van der Waals surface area (Å²) in [5, 5.41) is 13.4. The molecule has 1 saturated heterocycles. The third-order valence-electron chi connectivity index (χ3n) is 6.45. The van der Waals surface area contributed by atoms with E-state index in [2.05, 4.69) is 45.5 Å². The van der Waals surface area contributed by atoms with Crippen LogP contribution >= 0.6 is 0 Å². The van der Waals surface area contributed by atoms with E-state index >= 15 is 0 Å². The van der Waals surface area contributed by atoms with Crippen LogP contribution in [0.25, 0.3) is 0 Å². The van der Waals surface area contributed by atoms with Gasteiger partial charge in [0.1, 0.15) is 6.04 Å². The number of benzene rings is 2. The van der Waals surface area contributed by atoms with E-state index in [0.29, 0.717) is 39.1 Å². The van der Waals surface area contributed by atoms with Crippen LogP contribution in [-0.2, 0) is 4.79 Å². The first-order chi connectivity index (χ1) is 16.7. The van der Waals surface area contributed by atoms with E-state index in [0.717, 1.165) is 11.3 Å². The Labute approximate surface area is 201 Å². The third-order valence-corrected chi connectivity index (χ3v) is 6.45. The number of nitrogens with zero attached hydrogens (tertiary/aromatic N) is 4. The summed E-state index contributed by atoms with van der Waals surface area (Å²) in [6.07, 6.45) is 2.19. The van der Waals surface area contributed by atoms with Gasteiger partial charge in [0.15, 0.2) is 0 Å². The zero-order chi connectivity index (χ0) is 23.8. The second-order valence-corrected chi connectivity index (χ2v) is 8.58. The number of rotatable bonds is 8. The smallest absolute Gasteiger partial charge is 0.223 e. The van der Waals surface area contributed by atoms with Gasteiger partial charge in [-0.15, -0.1) is 0 Å². The number of piperazine rings is 1. The van der Waals surface area contributed by atoms with Crippen molar-refractivity contribution in [2.24, 2.45) is 0 Å². The summed E-state index contributed by atoms with van der Waals surface area (Å²) in [5.41, 5.74) is 4.19. The van der Waals surface area contributed by atoms with Gasteiger partial charge in [-0.2, -0.15) is 5.26 Å². The maximum atomic E-state index is 12.9. The van der Waals surface area contributed by atoms with Crippen molar-refractivity contribution in [1.82, 2.24) is 20.1 Å². The predicted octanol–water partition coefficient (Wildman–Crippen LogP) is 3.87. The van der Waals surface area contributed by atoms with Crippen LogP contribution in [0, 0.1) is 18.3 Å². The van der Waals surface area contributed by atoms with Crippen molar-refractivity contribution >= 4 is 5.91 Å². The Hall–Kier alpha value is -3.53. The number of carbonyl (C=O) groups is 1. The molecular weight excluding hydrogens is 422 g/mol. The lowest BCUT2D eigenvalue weighted by Gasteiger charge is -2.37. The first-order valence-electron chi connectivity index (χ1n) is 11.8. The summed E-state index contributed by atoms with van der Waals surface area (Å²) >= 11 is 0. The summed E-state index contributed by atoms with van der Waals surface area (Å²) in [4.78, 5) is 21.3. The molecule has 0 radical (unpaired) electrons. The third kappa shape index (κ3) is 5.69. The number of aryl methyl sites for hydroxylation is 1. The van der Waals surface area contributed by atoms with Crippen LogP contribution in [0.2, 0.25) is 0 Å². The second-order valence-electron chi connectivity index (χ2n) is 8.58. The molecule has 0 saturated carbocycles. The van der Waals surface area contributed by atoms with Crippen LogP contribution in [-0.4, -0.2) is 53.4 Å². The van der Waals surface area contributed by atoms with Crippen LogP contribution in [0.3, 0.4) is 0 Å². The fourth-order valence-corrected chi connectivity index (χ4v) is 4.56. The number of hydrogen-bond donors (Lipinski definition) is 1. The molecule has 1 fully saturated rings. The van der Waals surface area contributed by atoms with Crippen molar-refractivity contribution in [1.29, 1.82) is 5.26 Å². The summed E-state index contributed by atoms with van der Waals surface area (Å²) in [7, 11) is 0. The summed E-state index contributed by atoms with van der Waals surface area (Å²) in [5.74, 6) is 0.151. The summed E-state index contributed by atoms with van der Waals surface area (Å²) in [6.45, 7) is 5.17. The molecule has 1 amide bonds. The van der Waals surface area contributed by atoms with Gasteiger partial charge in [0.2, 0.25) is 5.91 Å². The summed E-state index contributed by atoms with van der Waals surface area (Å²) in [6, 6.07) is 26.6. The van der Waals surface area contributed by atoms with Crippen molar-refractivity contribution in [3.05, 3.63) is 101 Å². The molecule has 1 unspecified atom stereocenters. The van der Waals surface area contributed by atoms with Gasteiger partial charge < -0.3 is 10.2 Å². The summed E-state index contributed by atoms with van der Waals surface area (Å²) < 4.78 is 0. The maximum absolute atomic E-state index is 12.9. The van der Waals surface area contributed by atoms with Gasteiger partial charge in [-0.1, -0.05) is 66.7 Å². The molecule has 0 spiro atoms. The first-order valence-corrected chi connectivity index (χ1v) is 11.8. The Morgan fingerprint density at radius 3 is 2.15 bits per heavy atom. The molecule has 2 aromatic carbocycles. The number of hydrogen-bond acceptors (Lipinski definition) is 5. The molecule has 4 rings (SSSR count). The minimum absolute atomic E-state index is 0.0474. The van der Waals surface area contributed by atoms with Crippen LogP contribution in [0.1, 0.15) is 40.9 Å². The first kappa shape index (κ1) is 23.6. The number of nitriles is 1. The molecule has 1 aliphatic heterocycles. The van der Waals surface area contributed by atoms with E-state index in [-0.39, 0.29) is 18.0 Å². The molecule has 174 valence electrons. The molecule has 1 aliphatic rings. The van der Waals surface area contributed by atoms with Crippen LogP contribution in [0.4, 0.5) is 0 Å². The number of aromatic nitrogens is 1. The lowest BCUT2D eigenvalue weighted by atomic mass is 9.98. The van der Waals surface area contributed by atoms with Crippen molar-refractivity contribution in [3.63, 3.8) is 0 Å². The molecule has 3 aromatic rings. The highest BCUT2D eigenvalue weighted by atomic mass is 16.2. The minimum atomic E-state index is -0.329. The van der Waals surface area contributed by atoms with Crippen LogP contribution in [0.15, 0.2) is 79.0 Å². The van der Waals surface area contributed by atoms with Crippen molar-refractivity contribution in [3.8, 4) is 6.07 Å². The molecule has 34 heavy (non-hydrogen) atoms. The minimum Gasteiger partial charge on any atom is -0.340 e. The Morgan fingerprint density at radius 2 is 1.59 bits per heavy atom. The molecule has 0 bridgehead atoms. The Bertz CT molecular complexity index is 1060. The van der Waals surface area contributed by atoms with Crippen LogP contribution < -0.4 is 5.32 Å². The molecular formula is C28H31N5O. The van der Waals surface area contributed by atoms with Gasteiger partial charge in [0.25, 0.3) is 0 Å². The lowest BCUT2D eigenvalue weighted by molar-refractivity contribution is -0.133. The average Bonchev–Trinajstić information content (AvgIpc) is 2.89. The Morgan fingerprint density at radius 1 is 0.971 bits per heavy atom. The zero-order valence-electron chi connectivity index (χ0n) is 19.6. The van der Waals surface area contributed by atoms with Crippen molar-refractivity contribution < 1.29 is 4.79 Å². The topological polar surface area (TPSA) is 72.3 Å². The zero-order valence-corrected chi connectivity index (χ0v) is 19.6. The van der Waals surface area contributed by atoms with Gasteiger partial charge in [-0.3, -0.25) is 14.7 Å². The van der Waals surface area contributed by atoms with E-state index in [9.17, 15) is 10.1 Å². The molecule has 0 aliphatic carbocycles. The highest BCUT2D eigenvalue weighted by Gasteiger charge is 2.28. The molecule has 1 N–H and O–H groups in total. The van der Waals surface area contributed by atoms with Gasteiger partial charge in [-0.25, -0.2) is 0 Å². The van der Waals surface area contributed by atoms with Crippen molar-refractivity contribution in [2.45, 2.75) is 25.4 Å². The number of pyridine rings is 1. The van der Waals surface area contributed by atoms with Gasteiger partial charge in [-0.05, 0) is 24.1 Å². The molecule has 6 heteroatoms. The monoisotopic (exact) mass is 453 g/mol. The maximum Gasteiger partial charge on any atom is 0.223 e. The number of nitrogens with one attached hydrogen (secondary N) is 1. The Balaban J connectivity index is 1.31. The van der Waals surface area contributed by atoms with E-state index in [4.69, 9.17) is 0 Å². The largest absolute Gasteiger partial charge is 0.340 e. The second kappa shape index (κ2) is 11.6. The van der Waals surface area contributed by atoms with E-state index < -0.39 is 0 Å².